The molecule has 0 saturated heterocycles. The molecule has 0 bridgehead atoms. The Hall–Kier alpha value is -0.600. The molecule has 0 fully saturated rings. The van der Waals surface area contributed by atoms with Crippen molar-refractivity contribution in [3.8, 4) is 0 Å². The van der Waals surface area contributed by atoms with E-state index in [0.29, 0.717) is 11.4 Å². The van der Waals surface area contributed by atoms with Gasteiger partial charge in [-0.05, 0) is 17.5 Å². The molecule has 1 unspecified atom stereocenters. The van der Waals surface area contributed by atoms with E-state index in [0.717, 1.165) is 5.56 Å². The molecule has 1 aromatic rings. The first-order chi connectivity index (χ1) is 6.11. The van der Waals surface area contributed by atoms with Gasteiger partial charge < -0.3 is 5.11 Å². The average Bonchev–Trinajstić information content (AvgIpc) is 2.08. The normalized spacial score (nSPS) is 13.3. The first kappa shape index (κ1) is 10.5. The number of halogens is 1. The molecule has 0 radical (unpaired) electrons. The highest BCUT2D eigenvalue weighted by Crippen LogP contribution is 2.17. The van der Waals surface area contributed by atoms with E-state index in [4.69, 9.17) is 11.6 Å². The van der Waals surface area contributed by atoms with Crippen LogP contribution in [0.5, 0.6) is 0 Å². The summed E-state index contributed by atoms with van der Waals surface area (Å²) in [5, 5.41) is 10.3. The number of aromatic nitrogens is 1. The van der Waals surface area contributed by atoms with Crippen molar-refractivity contribution >= 4 is 11.6 Å². The van der Waals surface area contributed by atoms with Crippen LogP contribution < -0.4 is 0 Å². The number of hydrogen-bond acceptors (Lipinski definition) is 2. The molecule has 0 spiro atoms. The van der Waals surface area contributed by atoms with Gasteiger partial charge in [0.2, 0.25) is 0 Å². The van der Waals surface area contributed by atoms with Gasteiger partial charge >= 0.3 is 0 Å². The molecule has 0 aliphatic heterocycles. The monoisotopic (exact) mass is 199 g/mol. The van der Waals surface area contributed by atoms with Gasteiger partial charge in [0.25, 0.3) is 0 Å². The quantitative estimate of drug-likeness (QED) is 0.811. The van der Waals surface area contributed by atoms with Gasteiger partial charge in [-0.15, -0.1) is 0 Å². The average molecular weight is 200 g/mol. The largest absolute Gasteiger partial charge is 0.393 e. The lowest BCUT2D eigenvalue weighted by molar-refractivity contribution is 0.126. The fraction of sp³-hybridized carbons (Fsp3) is 0.500. The predicted octanol–water partition coefficient (Wildman–Crippen LogP) is 2.29. The lowest BCUT2D eigenvalue weighted by atomic mass is 10.0. The number of rotatable bonds is 3. The zero-order valence-electron chi connectivity index (χ0n) is 7.87. The van der Waals surface area contributed by atoms with Crippen LogP contribution in [0.25, 0.3) is 0 Å². The Balaban J connectivity index is 2.69. The SMILES string of the molecule is CC(C)C(O)Cc1ccncc1Cl. The minimum Gasteiger partial charge on any atom is -0.393 e. The van der Waals surface area contributed by atoms with E-state index >= 15 is 0 Å². The second-order valence-corrected chi connectivity index (χ2v) is 3.89. The summed E-state index contributed by atoms with van der Waals surface area (Å²) < 4.78 is 0. The van der Waals surface area contributed by atoms with Crippen LogP contribution >= 0.6 is 11.6 Å². The molecule has 72 valence electrons. The molecule has 0 aliphatic rings. The number of hydrogen-bond donors (Lipinski definition) is 1. The molecular weight excluding hydrogens is 186 g/mol. The molecule has 1 aromatic heterocycles. The second-order valence-electron chi connectivity index (χ2n) is 3.48. The van der Waals surface area contributed by atoms with Crippen LogP contribution in [0.4, 0.5) is 0 Å². The van der Waals surface area contributed by atoms with Gasteiger partial charge in [0.1, 0.15) is 0 Å². The maximum atomic E-state index is 9.63. The summed E-state index contributed by atoms with van der Waals surface area (Å²) >= 11 is 5.90. The molecule has 1 rings (SSSR count). The Bertz CT molecular complexity index is 275. The summed E-state index contributed by atoms with van der Waals surface area (Å²) in [4.78, 5) is 3.88. The van der Waals surface area contributed by atoms with Crippen LogP contribution in [0.15, 0.2) is 18.5 Å². The molecule has 0 aliphatic carbocycles. The first-order valence-electron chi connectivity index (χ1n) is 4.37. The van der Waals surface area contributed by atoms with Gasteiger partial charge in [-0.3, -0.25) is 4.98 Å². The van der Waals surface area contributed by atoms with Gasteiger partial charge in [0.05, 0.1) is 11.1 Å². The summed E-state index contributed by atoms with van der Waals surface area (Å²) in [7, 11) is 0. The predicted molar refractivity (Wildman–Crippen MR) is 53.8 cm³/mol. The highest BCUT2D eigenvalue weighted by atomic mass is 35.5. The van der Waals surface area contributed by atoms with Gasteiger partial charge in [0, 0.05) is 18.8 Å². The van der Waals surface area contributed by atoms with Crippen molar-refractivity contribution in [2.75, 3.05) is 0 Å². The summed E-state index contributed by atoms with van der Waals surface area (Å²) in [6.45, 7) is 3.97. The zero-order valence-corrected chi connectivity index (χ0v) is 8.62. The summed E-state index contributed by atoms with van der Waals surface area (Å²) in [6, 6.07) is 1.84. The Morgan fingerprint density at radius 3 is 2.77 bits per heavy atom. The van der Waals surface area contributed by atoms with Crippen molar-refractivity contribution in [3.05, 3.63) is 29.0 Å². The minimum absolute atomic E-state index is 0.254. The third kappa shape index (κ3) is 2.98. The molecule has 1 atom stereocenters. The Kier molecular flexibility index (Phi) is 3.70. The maximum absolute atomic E-state index is 9.63. The topological polar surface area (TPSA) is 33.1 Å². The molecule has 2 nitrogen and oxygen atoms in total. The number of nitrogens with zero attached hydrogens (tertiary/aromatic N) is 1. The van der Waals surface area contributed by atoms with Gasteiger partial charge in [-0.2, -0.15) is 0 Å². The molecule has 0 amide bonds. The summed E-state index contributed by atoms with van der Waals surface area (Å²) in [5.41, 5.74) is 0.956. The third-order valence-corrected chi connectivity index (χ3v) is 2.40. The van der Waals surface area contributed by atoms with Crippen molar-refractivity contribution in [1.29, 1.82) is 0 Å². The zero-order chi connectivity index (χ0) is 9.84. The van der Waals surface area contributed by atoms with Crippen LogP contribution in [0.1, 0.15) is 19.4 Å². The van der Waals surface area contributed by atoms with E-state index in [1.54, 1.807) is 12.4 Å². The van der Waals surface area contributed by atoms with E-state index < -0.39 is 0 Å². The maximum Gasteiger partial charge on any atom is 0.0622 e. The summed E-state index contributed by atoms with van der Waals surface area (Å²) in [5.74, 6) is 0.254. The third-order valence-electron chi connectivity index (χ3n) is 2.06. The Labute approximate surface area is 83.6 Å². The first-order valence-corrected chi connectivity index (χ1v) is 4.75. The molecule has 1 heterocycles. The van der Waals surface area contributed by atoms with Crippen molar-refractivity contribution in [2.24, 2.45) is 5.92 Å². The van der Waals surface area contributed by atoms with Gasteiger partial charge in [-0.1, -0.05) is 25.4 Å². The highest BCUT2D eigenvalue weighted by molar-refractivity contribution is 6.31. The highest BCUT2D eigenvalue weighted by Gasteiger charge is 2.11. The number of aliphatic hydroxyl groups excluding tert-OH is 1. The Morgan fingerprint density at radius 1 is 1.54 bits per heavy atom. The van der Waals surface area contributed by atoms with E-state index in [2.05, 4.69) is 4.98 Å². The van der Waals surface area contributed by atoms with Crippen molar-refractivity contribution in [1.82, 2.24) is 4.98 Å². The van der Waals surface area contributed by atoms with Crippen molar-refractivity contribution < 1.29 is 5.11 Å². The van der Waals surface area contributed by atoms with E-state index in [-0.39, 0.29) is 12.0 Å². The van der Waals surface area contributed by atoms with Crippen LogP contribution in [-0.2, 0) is 6.42 Å². The van der Waals surface area contributed by atoms with E-state index in [1.165, 1.54) is 0 Å². The number of aliphatic hydroxyl groups is 1. The summed E-state index contributed by atoms with van der Waals surface area (Å²) in [6.07, 6.45) is 3.55. The van der Waals surface area contributed by atoms with E-state index in [9.17, 15) is 5.11 Å². The Morgan fingerprint density at radius 2 is 2.23 bits per heavy atom. The van der Waals surface area contributed by atoms with E-state index in [1.807, 2.05) is 19.9 Å². The molecular formula is C10H14ClNO. The minimum atomic E-state index is -0.333. The molecule has 0 saturated carbocycles. The van der Waals surface area contributed by atoms with Crippen LogP contribution in [0.3, 0.4) is 0 Å². The fourth-order valence-corrected chi connectivity index (χ4v) is 1.23. The smallest absolute Gasteiger partial charge is 0.0622 e. The van der Waals surface area contributed by atoms with Crippen molar-refractivity contribution in [3.63, 3.8) is 0 Å². The molecule has 1 N–H and O–H groups in total. The fourth-order valence-electron chi connectivity index (χ4n) is 1.03. The van der Waals surface area contributed by atoms with Gasteiger partial charge in [0.15, 0.2) is 0 Å². The second kappa shape index (κ2) is 4.58. The van der Waals surface area contributed by atoms with Crippen LogP contribution in [0, 0.1) is 5.92 Å². The molecule has 13 heavy (non-hydrogen) atoms. The van der Waals surface area contributed by atoms with Gasteiger partial charge in [-0.25, -0.2) is 0 Å². The molecule has 3 heteroatoms. The standard InChI is InChI=1S/C10H14ClNO/c1-7(2)10(13)5-8-3-4-12-6-9(8)11/h3-4,6-7,10,13H,5H2,1-2H3. The van der Waals surface area contributed by atoms with Crippen LogP contribution in [-0.4, -0.2) is 16.2 Å². The van der Waals surface area contributed by atoms with Crippen LogP contribution in [0.2, 0.25) is 5.02 Å². The molecule has 0 aromatic carbocycles. The lowest BCUT2D eigenvalue weighted by Crippen LogP contribution is -2.17. The number of pyridine rings is 1. The lowest BCUT2D eigenvalue weighted by Gasteiger charge is -2.14. The van der Waals surface area contributed by atoms with Crippen molar-refractivity contribution in [2.45, 2.75) is 26.4 Å².